The van der Waals surface area contributed by atoms with Gasteiger partial charge in [-0.1, -0.05) is 11.6 Å². The van der Waals surface area contributed by atoms with E-state index in [1.807, 2.05) is 18.7 Å². The van der Waals surface area contributed by atoms with Gasteiger partial charge in [-0.05, 0) is 56.9 Å². The summed E-state index contributed by atoms with van der Waals surface area (Å²) in [6.45, 7) is 6.93. The molecule has 2 atom stereocenters. The van der Waals surface area contributed by atoms with Crippen LogP contribution in [0.1, 0.15) is 26.7 Å². The standard InChI is InChI=1S/C19H29ClN4O3S/c1-3-23(4-2)19(25)17-13-21-22-18(17)14-9-11-24(12-10-14)28(26,27)16-7-5-15(20)6-8-16/h5-8,14,17-18,21-22H,3-4,9-13H2,1-2H3. The Bertz CT molecular complexity index is 775. The number of rotatable bonds is 6. The second-order valence-electron chi connectivity index (χ2n) is 7.36. The monoisotopic (exact) mass is 428 g/mol. The van der Waals surface area contributed by atoms with E-state index in [2.05, 4.69) is 10.9 Å². The fraction of sp³-hybridized carbons (Fsp3) is 0.632. The molecule has 0 aliphatic carbocycles. The molecule has 2 aliphatic heterocycles. The molecule has 2 unspecified atom stereocenters. The molecule has 2 N–H and O–H groups in total. The van der Waals surface area contributed by atoms with E-state index in [4.69, 9.17) is 11.6 Å². The van der Waals surface area contributed by atoms with E-state index < -0.39 is 10.0 Å². The minimum absolute atomic E-state index is 0.0356. The summed E-state index contributed by atoms with van der Waals surface area (Å²) in [6, 6.07) is 6.32. The van der Waals surface area contributed by atoms with Crippen molar-refractivity contribution in [2.75, 3.05) is 32.7 Å². The number of sulfonamides is 1. The fourth-order valence-electron chi connectivity index (χ4n) is 4.20. The lowest BCUT2D eigenvalue weighted by atomic mass is 9.83. The smallest absolute Gasteiger partial charge is 0.243 e. The summed E-state index contributed by atoms with van der Waals surface area (Å²) in [4.78, 5) is 15.0. The number of nitrogens with zero attached hydrogens (tertiary/aromatic N) is 2. The lowest BCUT2D eigenvalue weighted by Crippen LogP contribution is -2.49. The number of halogens is 1. The van der Waals surface area contributed by atoms with E-state index in [0.717, 1.165) is 12.8 Å². The fourth-order valence-corrected chi connectivity index (χ4v) is 5.80. The highest BCUT2D eigenvalue weighted by atomic mass is 35.5. The van der Waals surface area contributed by atoms with E-state index >= 15 is 0 Å². The van der Waals surface area contributed by atoms with Gasteiger partial charge in [0.1, 0.15) is 0 Å². The van der Waals surface area contributed by atoms with Crippen LogP contribution in [0.3, 0.4) is 0 Å². The molecule has 0 bridgehead atoms. The van der Waals surface area contributed by atoms with E-state index in [-0.39, 0.29) is 28.7 Å². The van der Waals surface area contributed by atoms with Gasteiger partial charge >= 0.3 is 0 Å². The third-order valence-corrected chi connectivity index (χ3v) is 8.04. The Balaban J connectivity index is 1.64. The quantitative estimate of drug-likeness (QED) is 0.720. The van der Waals surface area contributed by atoms with E-state index in [0.29, 0.717) is 37.7 Å². The number of hydrogen-bond donors (Lipinski definition) is 2. The molecule has 0 aromatic heterocycles. The molecular weight excluding hydrogens is 400 g/mol. The van der Waals surface area contributed by atoms with Crippen molar-refractivity contribution in [3.63, 3.8) is 0 Å². The van der Waals surface area contributed by atoms with Gasteiger partial charge in [-0.25, -0.2) is 8.42 Å². The zero-order valence-electron chi connectivity index (χ0n) is 16.4. The lowest BCUT2D eigenvalue weighted by molar-refractivity contribution is -0.135. The summed E-state index contributed by atoms with van der Waals surface area (Å²) in [7, 11) is -3.51. The zero-order chi connectivity index (χ0) is 20.3. The molecule has 2 fully saturated rings. The number of carbonyl (C=O) groups excluding carboxylic acids is 1. The first-order valence-electron chi connectivity index (χ1n) is 9.91. The van der Waals surface area contributed by atoms with E-state index in [1.54, 1.807) is 24.3 Å². The summed E-state index contributed by atoms with van der Waals surface area (Å²) in [6.07, 6.45) is 1.46. The van der Waals surface area contributed by atoms with E-state index in [9.17, 15) is 13.2 Å². The van der Waals surface area contributed by atoms with Gasteiger partial charge < -0.3 is 4.90 Å². The maximum atomic E-state index is 12.9. The summed E-state index contributed by atoms with van der Waals surface area (Å²) >= 11 is 5.87. The maximum absolute atomic E-state index is 12.9. The summed E-state index contributed by atoms with van der Waals surface area (Å²) in [5, 5.41) is 0.515. The molecule has 156 valence electrons. The Morgan fingerprint density at radius 3 is 2.36 bits per heavy atom. The van der Waals surface area contributed by atoms with Crippen LogP contribution in [0.15, 0.2) is 29.2 Å². The van der Waals surface area contributed by atoms with Crippen LogP contribution in [0.4, 0.5) is 0 Å². The van der Waals surface area contributed by atoms with Crippen molar-refractivity contribution in [1.82, 2.24) is 20.1 Å². The van der Waals surface area contributed by atoms with Gasteiger partial charge in [0.05, 0.1) is 10.8 Å². The van der Waals surface area contributed by atoms with Crippen LogP contribution >= 0.6 is 11.6 Å². The summed E-state index contributed by atoms with van der Waals surface area (Å²) in [5.74, 6) is 0.323. The molecule has 2 heterocycles. The molecule has 1 aromatic carbocycles. The van der Waals surface area contributed by atoms with Gasteiger partial charge in [0.2, 0.25) is 15.9 Å². The van der Waals surface area contributed by atoms with Crippen LogP contribution in [-0.4, -0.2) is 62.3 Å². The average Bonchev–Trinajstić information content (AvgIpc) is 3.19. The van der Waals surface area contributed by atoms with Crippen molar-refractivity contribution >= 4 is 27.5 Å². The molecule has 0 spiro atoms. The Kier molecular flexibility index (Phi) is 6.98. The molecule has 2 aliphatic rings. The van der Waals surface area contributed by atoms with Gasteiger partial charge in [-0.2, -0.15) is 4.31 Å². The van der Waals surface area contributed by atoms with Crippen LogP contribution in [-0.2, 0) is 14.8 Å². The Labute approximate surface area is 172 Å². The Hall–Kier alpha value is -1.19. The summed E-state index contributed by atoms with van der Waals surface area (Å²) < 4.78 is 27.3. The average molecular weight is 429 g/mol. The van der Waals surface area contributed by atoms with Crippen molar-refractivity contribution < 1.29 is 13.2 Å². The molecule has 2 saturated heterocycles. The Morgan fingerprint density at radius 2 is 1.79 bits per heavy atom. The van der Waals surface area contributed by atoms with E-state index in [1.165, 1.54) is 4.31 Å². The van der Waals surface area contributed by atoms with Gasteiger partial charge in [0.25, 0.3) is 0 Å². The molecule has 3 rings (SSSR count). The van der Waals surface area contributed by atoms with Crippen molar-refractivity contribution in [3.05, 3.63) is 29.3 Å². The van der Waals surface area contributed by atoms with Crippen LogP contribution in [0, 0.1) is 11.8 Å². The normalized spacial score (nSPS) is 24.4. The number of hydrogen-bond acceptors (Lipinski definition) is 5. The predicted octanol–water partition coefficient (Wildman–Crippen LogP) is 1.70. The second-order valence-corrected chi connectivity index (χ2v) is 9.74. The number of hydrazine groups is 1. The minimum Gasteiger partial charge on any atom is -0.343 e. The third-order valence-electron chi connectivity index (χ3n) is 5.87. The first-order valence-corrected chi connectivity index (χ1v) is 11.7. The van der Waals surface area contributed by atoms with Gasteiger partial charge in [0, 0.05) is 43.8 Å². The molecule has 1 amide bonds. The van der Waals surface area contributed by atoms with Crippen molar-refractivity contribution in [2.45, 2.75) is 37.6 Å². The third kappa shape index (κ3) is 4.36. The van der Waals surface area contributed by atoms with Crippen molar-refractivity contribution in [2.24, 2.45) is 11.8 Å². The molecule has 9 heteroatoms. The largest absolute Gasteiger partial charge is 0.343 e. The highest BCUT2D eigenvalue weighted by molar-refractivity contribution is 7.89. The van der Waals surface area contributed by atoms with Crippen LogP contribution in [0.5, 0.6) is 0 Å². The number of piperidine rings is 1. The molecule has 0 saturated carbocycles. The summed E-state index contributed by atoms with van der Waals surface area (Å²) in [5.41, 5.74) is 6.41. The number of nitrogens with one attached hydrogen (secondary N) is 2. The zero-order valence-corrected chi connectivity index (χ0v) is 18.0. The van der Waals surface area contributed by atoms with Crippen molar-refractivity contribution in [1.29, 1.82) is 0 Å². The molecule has 1 aromatic rings. The second kappa shape index (κ2) is 9.09. The molecule has 0 radical (unpaired) electrons. The first-order chi connectivity index (χ1) is 13.4. The highest BCUT2D eigenvalue weighted by Crippen LogP contribution is 2.30. The number of amides is 1. The number of benzene rings is 1. The lowest BCUT2D eigenvalue weighted by Gasteiger charge is -2.36. The topological polar surface area (TPSA) is 81.8 Å². The predicted molar refractivity (Wildman–Crippen MR) is 109 cm³/mol. The van der Waals surface area contributed by atoms with Crippen LogP contribution in [0.2, 0.25) is 5.02 Å². The number of carbonyl (C=O) groups is 1. The maximum Gasteiger partial charge on any atom is 0.243 e. The van der Waals surface area contributed by atoms with Gasteiger partial charge in [-0.3, -0.25) is 15.6 Å². The highest BCUT2D eigenvalue weighted by Gasteiger charge is 2.41. The molecular formula is C19H29ClN4O3S. The minimum atomic E-state index is -3.51. The SMILES string of the molecule is CCN(CC)C(=O)C1CNNC1C1CCN(S(=O)(=O)c2ccc(Cl)cc2)CC1. The van der Waals surface area contributed by atoms with Crippen molar-refractivity contribution in [3.8, 4) is 0 Å². The molecule has 28 heavy (non-hydrogen) atoms. The molecule has 7 nitrogen and oxygen atoms in total. The first kappa shape index (κ1) is 21.5. The Morgan fingerprint density at radius 1 is 1.18 bits per heavy atom. The van der Waals surface area contributed by atoms with Crippen LogP contribution < -0.4 is 10.9 Å². The van der Waals surface area contributed by atoms with Crippen LogP contribution in [0.25, 0.3) is 0 Å². The van der Waals surface area contributed by atoms with Gasteiger partial charge in [0.15, 0.2) is 0 Å². The van der Waals surface area contributed by atoms with Gasteiger partial charge in [-0.15, -0.1) is 0 Å².